The molecule has 0 spiro atoms. The van der Waals surface area contributed by atoms with Gasteiger partial charge in [-0.3, -0.25) is 0 Å². The van der Waals surface area contributed by atoms with E-state index in [0.717, 1.165) is 44.4 Å². The minimum absolute atomic E-state index is 0.610. The van der Waals surface area contributed by atoms with Crippen LogP contribution in [-0.2, 0) is 13.5 Å². The van der Waals surface area contributed by atoms with E-state index in [0.29, 0.717) is 5.92 Å². The molecule has 1 aromatic rings. The van der Waals surface area contributed by atoms with Crippen LogP contribution in [0.1, 0.15) is 19.7 Å². The highest BCUT2D eigenvalue weighted by Gasteiger charge is 2.17. The molecule has 16 heavy (non-hydrogen) atoms. The SMILES string of the molecule is CC(C)Cc1nc(N2CCNCC2)n(C)n1. The van der Waals surface area contributed by atoms with E-state index in [1.54, 1.807) is 0 Å². The van der Waals surface area contributed by atoms with Gasteiger partial charge in [-0.1, -0.05) is 13.8 Å². The van der Waals surface area contributed by atoms with E-state index in [1.807, 2.05) is 11.7 Å². The molecule has 0 atom stereocenters. The van der Waals surface area contributed by atoms with Crippen molar-refractivity contribution < 1.29 is 0 Å². The first-order valence-electron chi connectivity index (χ1n) is 6.02. The fourth-order valence-corrected chi connectivity index (χ4v) is 2.02. The molecule has 1 aliphatic heterocycles. The van der Waals surface area contributed by atoms with Crippen LogP contribution in [0, 0.1) is 5.92 Å². The summed E-state index contributed by atoms with van der Waals surface area (Å²) in [6.45, 7) is 8.50. The van der Waals surface area contributed by atoms with Gasteiger partial charge in [-0.05, 0) is 5.92 Å². The predicted molar refractivity (Wildman–Crippen MR) is 64.6 cm³/mol. The van der Waals surface area contributed by atoms with Crippen molar-refractivity contribution in [1.29, 1.82) is 0 Å². The van der Waals surface area contributed by atoms with Gasteiger partial charge in [-0.2, -0.15) is 10.1 Å². The maximum atomic E-state index is 4.62. The van der Waals surface area contributed by atoms with Crippen molar-refractivity contribution >= 4 is 5.95 Å². The van der Waals surface area contributed by atoms with Crippen LogP contribution < -0.4 is 10.2 Å². The summed E-state index contributed by atoms with van der Waals surface area (Å²) in [5.41, 5.74) is 0. The molecule has 0 unspecified atom stereocenters. The predicted octanol–water partition coefficient (Wildman–Crippen LogP) is 0.423. The second-order valence-corrected chi connectivity index (χ2v) is 4.79. The standard InChI is InChI=1S/C11H21N5/c1-9(2)8-10-13-11(15(3)14-10)16-6-4-12-5-7-16/h9,12H,4-8H2,1-3H3. The van der Waals surface area contributed by atoms with Gasteiger partial charge in [0.15, 0.2) is 5.82 Å². The smallest absolute Gasteiger partial charge is 0.223 e. The maximum Gasteiger partial charge on any atom is 0.223 e. The Balaban J connectivity index is 2.10. The van der Waals surface area contributed by atoms with E-state index < -0.39 is 0 Å². The van der Waals surface area contributed by atoms with Crippen LogP contribution in [0.15, 0.2) is 0 Å². The fraction of sp³-hybridized carbons (Fsp3) is 0.818. The molecule has 5 nitrogen and oxygen atoms in total. The minimum atomic E-state index is 0.610. The number of aryl methyl sites for hydroxylation is 1. The summed E-state index contributed by atoms with van der Waals surface area (Å²) in [7, 11) is 1.98. The number of hydrogen-bond acceptors (Lipinski definition) is 4. The Labute approximate surface area is 96.8 Å². The first-order valence-corrected chi connectivity index (χ1v) is 6.02. The summed E-state index contributed by atoms with van der Waals surface area (Å²) >= 11 is 0. The lowest BCUT2D eigenvalue weighted by molar-refractivity contribution is 0.568. The number of aromatic nitrogens is 3. The number of piperazine rings is 1. The van der Waals surface area contributed by atoms with E-state index in [-0.39, 0.29) is 0 Å². The van der Waals surface area contributed by atoms with Crippen molar-refractivity contribution in [3.63, 3.8) is 0 Å². The van der Waals surface area contributed by atoms with E-state index in [2.05, 4.69) is 34.1 Å². The Morgan fingerprint density at radius 3 is 2.62 bits per heavy atom. The molecule has 2 heterocycles. The van der Waals surface area contributed by atoms with Crippen LogP contribution in [0.5, 0.6) is 0 Å². The van der Waals surface area contributed by atoms with Gasteiger partial charge >= 0.3 is 0 Å². The van der Waals surface area contributed by atoms with Crippen LogP contribution in [0.3, 0.4) is 0 Å². The molecule has 0 aliphatic carbocycles. The summed E-state index contributed by atoms with van der Waals surface area (Å²) in [6, 6.07) is 0. The first kappa shape index (κ1) is 11.4. The lowest BCUT2D eigenvalue weighted by Crippen LogP contribution is -2.44. The molecule has 90 valence electrons. The Kier molecular flexibility index (Phi) is 3.43. The Bertz CT molecular complexity index is 338. The second-order valence-electron chi connectivity index (χ2n) is 4.79. The van der Waals surface area contributed by atoms with Crippen molar-refractivity contribution in [2.45, 2.75) is 20.3 Å². The molecule has 1 saturated heterocycles. The van der Waals surface area contributed by atoms with Gasteiger partial charge in [0.05, 0.1) is 0 Å². The van der Waals surface area contributed by atoms with Crippen molar-refractivity contribution in [3.8, 4) is 0 Å². The average Bonchev–Trinajstić information content (AvgIpc) is 2.60. The number of nitrogens with one attached hydrogen (secondary N) is 1. The quantitative estimate of drug-likeness (QED) is 0.807. The molecule has 0 saturated carbocycles. The summed E-state index contributed by atoms with van der Waals surface area (Å²) < 4.78 is 1.91. The third-order valence-corrected chi connectivity index (χ3v) is 2.77. The largest absolute Gasteiger partial charge is 0.338 e. The van der Waals surface area contributed by atoms with E-state index >= 15 is 0 Å². The minimum Gasteiger partial charge on any atom is -0.338 e. The zero-order chi connectivity index (χ0) is 11.5. The highest BCUT2D eigenvalue weighted by atomic mass is 15.4. The molecule has 1 aromatic heterocycles. The third-order valence-electron chi connectivity index (χ3n) is 2.77. The molecular formula is C11H21N5. The number of anilines is 1. The van der Waals surface area contributed by atoms with Crippen LogP contribution in [0.4, 0.5) is 5.95 Å². The van der Waals surface area contributed by atoms with Gasteiger partial charge in [-0.25, -0.2) is 4.68 Å². The monoisotopic (exact) mass is 223 g/mol. The fourth-order valence-electron chi connectivity index (χ4n) is 2.02. The summed E-state index contributed by atoms with van der Waals surface area (Å²) in [5, 5.41) is 7.81. The molecule has 1 aliphatic rings. The Hall–Kier alpha value is -1.10. The van der Waals surface area contributed by atoms with Crippen LogP contribution >= 0.6 is 0 Å². The van der Waals surface area contributed by atoms with Gasteiger partial charge in [0.2, 0.25) is 5.95 Å². The van der Waals surface area contributed by atoms with E-state index in [9.17, 15) is 0 Å². The van der Waals surface area contributed by atoms with Crippen molar-refractivity contribution in [3.05, 3.63) is 5.82 Å². The number of rotatable bonds is 3. The lowest BCUT2D eigenvalue weighted by Gasteiger charge is -2.27. The van der Waals surface area contributed by atoms with Crippen molar-refractivity contribution in [1.82, 2.24) is 20.1 Å². The molecule has 0 amide bonds. The van der Waals surface area contributed by atoms with Gasteiger partial charge in [-0.15, -0.1) is 0 Å². The van der Waals surface area contributed by atoms with Crippen LogP contribution in [0.25, 0.3) is 0 Å². The first-order chi connectivity index (χ1) is 7.66. The highest BCUT2D eigenvalue weighted by Crippen LogP contribution is 2.13. The van der Waals surface area contributed by atoms with Crippen LogP contribution in [0.2, 0.25) is 0 Å². The molecule has 0 radical (unpaired) electrons. The van der Waals surface area contributed by atoms with Gasteiger partial charge < -0.3 is 10.2 Å². The van der Waals surface area contributed by atoms with E-state index in [4.69, 9.17) is 0 Å². The molecule has 1 fully saturated rings. The Morgan fingerprint density at radius 1 is 1.31 bits per heavy atom. The summed E-state index contributed by atoms with van der Waals surface area (Å²) in [5.74, 6) is 2.58. The van der Waals surface area contributed by atoms with E-state index in [1.165, 1.54) is 0 Å². The molecule has 1 N–H and O–H groups in total. The lowest BCUT2D eigenvalue weighted by atomic mass is 10.1. The van der Waals surface area contributed by atoms with Gasteiger partial charge in [0.25, 0.3) is 0 Å². The molecule has 0 bridgehead atoms. The summed E-state index contributed by atoms with van der Waals surface area (Å²) in [4.78, 5) is 6.92. The third kappa shape index (κ3) is 2.52. The molecule has 5 heteroatoms. The molecular weight excluding hydrogens is 202 g/mol. The maximum absolute atomic E-state index is 4.62. The van der Waals surface area contributed by atoms with Gasteiger partial charge in [0.1, 0.15) is 0 Å². The number of hydrogen-bond donors (Lipinski definition) is 1. The topological polar surface area (TPSA) is 46.0 Å². The zero-order valence-corrected chi connectivity index (χ0v) is 10.4. The normalized spacial score (nSPS) is 17.1. The molecule has 2 rings (SSSR count). The second kappa shape index (κ2) is 4.82. The van der Waals surface area contributed by atoms with Crippen LogP contribution in [-0.4, -0.2) is 40.9 Å². The number of nitrogens with zero attached hydrogens (tertiary/aromatic N) is 4. The van der Waals surface area contributed by atoms with Gasteiger partial charge in [0, 0.05) is 39.6 Å². The molecule has 0 aromatic carbocycles. The van der Waals surface area contributed by atoms with Crippen molar-refractivity contribution in [2.24, 2.45) is 13.0 Å². The highest BCUT2D eigenvalue weighted by molar-refractivity contribution is 5.31. The summed E-state index contributed by atoms with van der Waals surface area (Å²) in [6.07, 6.45) is 0.958. The zero-order valence-electron chi connectivity index (χ0n) is 10.4. The Morgan fingerprint density at radius 2 is 2.00 bits per heavy atom. The average molecular weight is 223 g/mol. The van der Waals surface area contributed by atoms with Crippen molar-refractivity contribution in [2.75, 3.05) is 31.1 Å².